The second-order valence-electron chi connectivity index (χ2n) is 3.36. The molecular weight excluding hydrogens is 162 g/mol. The van der Waals surface area contributed by atoms with Crippen LogP contribution < -0.4 is 0 Å². The number of aliphatic hydroxyl groups excluding tert-OH is 1. The summed E-state index contributed by atoms with van der Waals surface area (Å²) in [6.07, 6.45) is 0. The van der Waals surface area contributed by atoms with Crippen molar-refractivity contribution in [3.8, 4) is 0 Å². The fourth-order valence-electron chi connectivity index (χ4n) is 1.72. The first kappa shape index (κ1) is 8.32. The minimum atomic E-state index is 0.102. The first-order chi connectivity index (χ1) is 6.24. The van der Waals surface area contributed by atoms with Crippen LogP contribution in [0.15, 0.2) is 24.3 Å². The van der Waals surface area contributed by atoms with Gasteiger partial charge in [-0.15, -0.1) is 0 Å². The summed E-state index contributed by atoms with van der Waals surface area (Å²) in [5.74, 6) is 0. The Morgan fingerprint density at radius 1 is 1.38 bits per heavy atom. The van der Waals surface area contributed by atoms with E-state index >= 15 is 0 Å². The molecule has 0 saturated carbocycles. The minimum Gasteiger partial charge on any atom is -0.390 e. The largest absolute Gasteiger partial charge is 0.390 e. The lowest BCUT2D eigenvalue weighted by atomic mass is 10.1. The zero-order valence-corrected chi connectivity index (χ0v) is 7.91. The summed E-state index contributed by atoms with van der Waals surface area (Å²) >= 11 is 0. The highest BCUT2D eigenvalue weighted by Gasteiger charge is 2.05. The quantitative estimate of drug-likeness (QED) is 0.704. The molecule has 0 atom stereocenters. The van der Waals surface area contributed by atoms with Crippen molar-refractivity contribution < 1.29 is 5.11 Å². The number of fused-ring (bicyclic) bond motifs is 1. The van der Waals surface area contributed by atoms with Crippen LogP contribution in [0, 0.1) is 6.92 Å². The predicted molar refractivity (Wildman–Crippen MR) is 53.6 cm³/mol. The molecule has 13 heavy (non-hydrogen) atoms. The summed E-state index contributed by atoms with van der Waals surface area (Å²) in [5, 5.41) is 10.3. The van der Waals surface area contributed by atoms with Crippen LogP contribution in [0.1, 0.15) is 11.3 Å². The third-order valence-corrected chi connectivity index (χ3v) is 2.57. The predicted octanol–water partition coefficient (Wildman–Crippen LogP) is 1.98. The number of rotatable bonds is 1. The maximum absolute atomic E-state index is 9.09. The van der Waals surface area contributed by atoms with E-state index in [2.05, 4.69) is 19.1 Å². The van der Waals surface area contributed by atoms with Gasteiger partial charge in [-0.2, -0.15) is 0 Å². The molecule has 1 heterocycles. The van der Waals surface area contributed by atoms with Gasteiger partial charge in [0.05, 0.1) is 6.61 Å². The van der Waals surface area contributed by atoms with Gasteiger partial charge in [0.1, 0.15) is 0 Å². The van der Waals surface area contributed by atoms with Crippen molar-refractivity contribution in [2.24, 2.45) is 7.05 Å². The van der Waals surface area contributed by atoms with Crippen LogP contribution in [0.2, 0.25) is 0 Å². The number of aliphatic hydroxyl groups is 1. The Morgan fingerprint density at radius 2 is 2.15 bits per heavy atom. The molecule has 2 aromatic rings. The fraction of sp³-hybridized carbons (Fsp3) is 0.273. The van der Waals surface area contributed by atoms with Crippen molar-refractivity contribution in [2.45, 2.75) is 13.5 Å². The van der Waals surface area contributed by atoms with E-state index in [-0.39, 0.29) is 6.61 Å². The van der Waals surface area contributed by atoms with Crippen molar-refractivity contribution in [3.63, 3.8) is 0 Å². The van der Waals surface area contributed by atoms with E-state index in [0.717, 1.165) is 5.69 Å². The van der Waals surface area contributed by atoms with E-state index in [1.54, 1.807) is 0 Å². The normalized spacial score (nSPS) is 11.0. The molecule has 0 bridgehead atoms. The summed E-state index contributed by atoms with van der Waals surface area (Å²) in [6, 6.07) is 8.24. The third kappa shape index (κ3) is 1.14. The highest BCUT2D eigenvalue weighted by molar-refractivity contribution is 5.84. The summed E-state index contributed by atoms with van der Waals surface area (Å²) in [5.41, 5.74) is 3.40. The Morgan fingerprint density at radius 3 is 2.77 bits per heavy atom. The topological polar surface area (TPSA) is 25.2 Å². The molecule has 0 saturated heterocycles. The van der Waals surface area contributed by atoms with Gasteiger partial charge in [0.2, 0.25) is 0 Å². The molecule has 68 valence electrons. The Labute approximate surface area is 77.4 Å². The number of benzene rings is 1. The summed E-state index contributed by atoms with van der Waals surface area (Å²) in [4.78, 5) is 0. The van der Waals surface area contributed by atoms with E-state index in [1.165, 1.54) is 16.5 Å². The van der Waals surface area contributed by atoms with Gasteiger partial charge in [0.25, 0.3) is 0 Å². The summed E-state index contributed by atoms with van der Waals surface area (Å²) in [6.45, 7) is 2.19. The van der Waals surface area contributed by atoms with Crippen molar-refractivity contribution in [2.75, 3.05) is 0 Å². The average Bonchev–Trinajstić information content (AvgIpc) is 2.45. The highest BCUT2D eigenvalue weighted by atomic mass is 16.3. The van der Waals surface area contributed by atoms with Crippen LogP contribution in [0.3, 0.4) is 0 Å². The van der Waals surface area contributed by atoms with Gasteiger partial charge >= 0.3 is 0 Å². The van der Waals surface area contributed by atoms with Crippen LogP contribution in [0.25, 0.3) is 10.9 Å². The fourth-order valence-corrected chi connectivity index (χ4v) is 1.72. The zero-order chi connectivity index (χ0) is 9.42. The van der Waals surface area contributed by atoms with E-state index < -0.39 is 0 Å². The molecular formula is C11H13NO. The van der Waals surface area contributed by atoms with Crippen LogP contribution in [0.4, 0.5) is 0 Å². The van der Waals surface area contributed by atoms with E-state index in [9.17, 15) is 0 Å². The second kappa shape index (κ2) is 2.89. The van der Waals surface area contributed by atoms with Gasteiger partial charge < -0.3 is 9.67 Å². The maximum atomic E-state index is 9.09. The summed E-state index contributed by atoms with van der Waals surface area (Å²) < 4.78 is 2.03. The van der Waals surface area contributed by atoms with E-state index in [0.29, 0.717) is 0 Å². The number of aryl methyl sites for hydroxylation is 2. The van der Waals surface area contributed by atoms with Crippen LogP contribution in [0.5, 0.6) is 0 Å². The molecule has 2 rings (SSSR count). The van der Waals surface area contributed by atoms with Gasteiger partial charge in [0.15, 0.2) is 0 Å². The van der Waals surface area contributed by atoms with Crippen molar-refractivity contribution >= 4 is 10.9 Å². The molecule has 0 spiro atoms. The molecule has 0 unspecified atom stereocenters. The Balaban J connectivity index is 2.83. The van der Waals surface area contributed by atoms with E-state index in [1.807, 2.05) is 23.7 Å². The SMILES string of the molecule is Cc1cccc2c1cc(CO)n2C. The highest BCUT2D eigenvalue weighted by Crippen LogP contribution is 2.21. The first-order valence-electron chi connectivity index (χ1n) is 4.39. The lowest BCUT2D eigenvalue weighted by molar-refractivity contribution is 0.273. The molecule has 0 aliphatic heterocycles. The molecule has 1 aromatic carbocycles. The van der Waals surface area contributed by atoms with Crippen molar-refractivity contribution in [1.82, 2.24) is 4.57 Å². The number of nitrogens with zero attached hydrogens (tertiary/aromatic N) is 1. The molecule has 0 amide bonds. The van der Waals surface area contributed by atoms with E-state index in [4.69, 9.17) is 5.11 Å². The van der Waals surface area contributed by atoms with Gasteiger partial charge in [-0.1, -0.05) is 12.1 Å². The van der Waals surface area contributed by atoms with Gasteiger partial charge in [0, 0.05) is 23.6 Å². The van der Waals surface area contributed by atoms with Crippen molar-refractivity contribution in [1.29, 1.82) is 0 Å². The molecule has 0 radical (unpaired) electrons. The van der Waals surface area contributed by atoms with Crippen LogP contribution in [-0.4, -0.2) is 9.67 Å². The minimum absolute atomic E-state index is 0.102. The average molecular weight is 175 g/mol. The molecule has 2 nitrogen and oxygen atoms in total. The zero-order valence-electron chi connectivity index (χ0n) is 7.91. The lowest BCUT2D eigenvalue weighted by Crippen LogP contribution is -1.94. The maximum Gasteiger partial charge on any atom is 0.0833 e. The van der Waals surface area contributed by atoms with Crippen LogP contribution >= 0.6 is 0 Å². The molecule has 0 aliphatic rings. The monoisotopic (exact) mass is 175 g/mol. The lowest BCUT2D eigenvalue weighted by Gasteiger charge is -2.00. The molecule has 2 heteroatoms. The smallest absolute Gasteiger partial charge is 0.0833 e. The first-order valence-corrected chi connectivity index (χ1v) is 4.39. The molecule has 0 fully saturated rings. The Bertz CT molecular complexity index is 443. The Kier molecular flexibility index (Phi) is 1.85. The molecule has 1 N–H and O–H groups in total. The standard InChI is InChI=1S/C11H13NO/c1-8-4-3-5-11-10(8)6-9(7-13)12(11)2/h3-6,13H,7H2,1-2H3. The number of hydrogen-bond acceptors (Lipinski definition) is 1. The van der Waals surface area contributed by atoms with Gasteiger partial charge in [-0.05, 0) is 24.6 Å². The van der Waals surface area contributed by atoms with Crippen LogP contribution in [-0.2, 0) is 13.7 Å². The number of hydrogen-bond donors (Lipinski definition) is 1. The van der Waals surface area contributed by atoms with Gasteiger partial charge in [-0.3, -0.25) is 0 Å². The second-order valence-corrected chi connectivity index (χ2v) is 3.36. The Hall–Kier alpha value is -1.28. The molecule has 1 aromatic heterocycles. The molecule has 0 aliphatic carbocycles. The number of aromatic nitrogens is 1. The summed E-state index contributed by atoms with van der Waals surface area (Å²) in [7, 11) is 1.98. The third-order valence-electron chi connectivity index (χ3n) is 2.57. The van der Waals surface area contributed by atoms with Gasteiger partial charge in [-0.25, -0.2) is 0 Å². The van der Waals surface area contributed by atoms with Crippen molar-refractivity contribution in [3.05, 3.63) is 35.5 Å².